The summed E-state index contributed by atoms with van der Waals surface area (Å²) < 4.78 is 39.3. The summed E-state index contributed by atoms with van der Waals surface area (Å²) >= 11 is 12.5. The average Bonchev–Trinajstić information content (AvgIpc) is 2.84. The number of rotatable bonds is 7. The summed E-state index contributed by atoms with van der Waals surface area (Å²) in [6.07, 6.45) is 0. The van der Waals surface area contributed by atoms with E-state index in [9.17, 15) is 13.2 Å². The van der Waals surface area contributed by atoms with E-state index in [1.165, 1.54) is 24.3 Å². The number of nitrogens with zero attached hydrogens (tertiary/aromatic N) is 1. The molecule has 1 atom stereocenters. The van der Waals surface area contributed by atoms with E-state index < -0.39 is 28.5 Å². The van der Waals surface area contributed by atoms with Crippen molar-refractivity contribution in [2.45, 2.75) is 24.8 Å². The first-order valence-corrected chi connectivity index (χ1v) is 13.1. The number of halogens is 2. The second kappa shape index (κ2) is 10.4. The maximum Gasteiger partial charge on any atom is 0.264 e. The molecular formula is C25H24Cl2N2O5S. The predicted octanol–water partition coefficient (Wildman–Crippen LogP) is 5.15. The number of sulfonamides is 1. The molecule has 1 aliphatic heterocycles. The summed E-state index contributed by atoms with van der Waals surface area (Å²) in [5.41, 5.74) is 1.81. The van der Waals surface area contributed by atoms with E-state index >= 15 is 0 Å². The van der Waals surface area contributed by atoms with E-state index in [-0.39, 0.29) is 15.6 Å². The first-order valence-electron chi connectivity index (χ1n) is 10.9. The number of nitrogens with one attached hydrogen (secondary N) is 1. The van der Waals surface area contributed by atoms with Crippen molar-refractivity contribution >= 4 is 44.8 Å². The Morgan fingerprint density at radius 3 is 2.40 bits per heavy atom. The van der Waals surface area contributed by atoms with E-state index in [2.05, 4.69) is 5.32 Å². The fraction of sp³-hybridized carbons (Fsp3) is 0.240. The molecule has 3 aromatic carbocycles. The van der Waals surface area contributed by atoms with Gasteiger partial charge >= 0.3 is 0 Å². The third-order valence-electron chi connectivity index (χ3n) is 5.52. The molecule has 0 spiro atoms. The predicted molar refractivity (Wildman–Crippen MR) is 136 cm³/mol. The Balaban J connectivity index is 1.61. The minimum atomic E-state index is -4.12. The van der Waals surface area contributed by atoms with Crippen LogP contribution >= 0.6 is 23.2 Å². The van der Waals surface area contributed by atoms with Crippen molar-refractivity contribution in [2.75, 3.05) is 24.1 Å². The van der Waals surface area contributed by atoms with Gasteiger partial charge in [0.15, 0.2) is 11.5 Å². The molecule has 0 aliphatic carbocycles. The molecule has 0 saturated heterocycles. The lowest BCUT2D eigenvalue weighted by Crippen LogP contribution is -2.41. The van der Waals surface area contributed by atoms with Crippen molar-refractivity contribution in [1.82, 2.24) is 5.32 Å². The molecule has 7 nitrogen and oxygen atoms in total. The number of hydrogen-bond donors (Lipinski definition) is 1. The Hall–Kier alpha value is -2.94. The first-order chi connectivity index (χ1) is 16.6. The van der Waals surface area contributed by atoms with E-state index in [1.54, 1.807) is 37.3 Å². The molecule has 0 aromatic heterocycles. The summed E-state index contributed by atoms with van der Waals surface area (Å²) in [5.74, 6) is 0.729. The molecule has 10 heteroatoms. The van der Waals surface area contributed by atoms with Crippen LogP contribution in [0.15, 0.2) is 65.6 Å². The third-order valence-corrected chi connectivity index (χ3v) is 7.85. The molecule has 1 N–H and O–H groups in total. The standard InChI is InChI=1S/C25H24Cl2N2O5S/c1-16-3-7-20(8-4-16)35(31,32)29(22-14-19(26)6-9-21(22)27)15-25(30)28-17(2)18-5-10-23-24(13-18)34-12-11-33-23/h3-10,13-14,17H,11-12,15H2,1-2H3,(H,28,30)/t17-/m0/s1. The summed E-state index contributed by atoms with van der Waals surface area (Å²) in [5, 5.41) is 3.29. The molecule has 4 rings (SSSR count). The van der Waals surface area contributed by atoms with Crippen molar-refractivity contribution in [3.63, 3.8) is 0 Å². The summed E-state index contributed by atoms with van der Waals surface area (Å²) in [6.45, 7) is 4.09. The number of aryl methyl sites for hydroxylation is 1. The van der Waals surface area contributed by atoms with Crippen LogP contribution in [0, 0.1) is 6.92 Å². The number of carbonyl (C=O) groups is 1. The van der Waals surface area contributed by atoms with E-state index in [1.807, 2.05) is 13.0 Å². The second-order valence-electron chi connectivity index (χ2n) is 8.11. The Kier molecular flexibility index (Phi) is 7.44. The molecule has 184 valence electrons. The van der Waals surface area contributed by atoms with Crippen molar-refractivity contribution in [3.8, 4) is 11.5 Å². The lowest BCUT2D eigenvalue weighted by atomic mass is 10.1. The molecule has 35 heavy (non-hydrogen) atoms. The van der Waals surface area contributed by atoms with Gasteiger partial charge in [-0.05, 0) is 61.9 Å². The summed E-state index contributed by atoms with van der Waals surface area (Å²) in [4.78, 5) is 13.1. The van der Waals surface area contributed by atoms with Crippen LogP contribution in [-0.2, 0) is 14.8 Å². The van der Waals surface area contributed by atoms with Gasteiger partial charge in [0, 0.05) is 5.02 Å². The third kappa shape index (κ3) is 5.66. The van der Waals surface area contributed by atoms with Gasteiger partial charge in [-0.3, -0.25) is 9.10 Å². The zero-order valence-electron chi connectivity index (χ0n) is 19.1. The van der Waals surface area contributed by atoms with E-state index in [0.29, 0.717) is 29.7 Å². The van der Waals surface area contributed by atoms with Crippen LogP contribution in [0.5, 0.6) is 11.5 Å². The number of carbonyl (C=O) groups excluding carboxylic acids is 1. The Morgan fingerprint density at radius 2 is 1.69 bits per heavy atom. The van der Waals surface area contributed by atoms with E-state index in [4.69, 9.17) is 32.7 Å². The zero-order valence-corrected chi connectivity index (χ0v) is 21.5. The lowest BCUT2D eigenvalue weighted by molar-refractivity contribution is -0.120. The van der Waals surface area contributed by atoms with E-state index in [0.717, 1.165) is 15.4 Å². The lowest BCUT2D eigenvalue weighted by Gasteiger charge is -2.26. The highest BCUT2D eigenvalue weighted by Crippen LogP contribution is 2.34. The fourth-order valence-electron chi connectivity index (χ4n) is 3.64. The normalized spacial score (nSPS) is 13.7. The minimum absolute atomic E-state index is 0.0341. The summed E-state index contributed by atoms with van der Waals surface area (Å²) in [6, 6.07) is 15.8. The molecule has 0 fully saturated rings. The SMILES string of the molecule is Cc1ccc(S(=O)(=O)N(CC(=O)N[C@@H](C)c2ccc3c(c2)OCCO3)c2cc(Cl)ccc2Cl)cc1. The van der Waals surface area contributed by atoms with Gasteiger partial charge in [0.05, 0.1) is 21.6 Å². The van der Waals surface area contributed by atoms with Gasteiger partial charge in [0.2, 0.25) is 5.91 Å². The molecule has 0 bridgehead atoms. The van der Waals surface area contributed by atoms with Gasteiger partial charge in [-0.2, -0.15) is 0 Å². The van der Waals surface area contributed by atoms with Crippen LogP contribution in [0.1, 0.15) is 24.1 Å². The number of ether oxygens (including phenoxy) is 2. The highest BCUT2D eigenvalue weighted by Gasteiger charge is 2.29. The number of fused-ring (bicyclic) bond motifs is 1. The number of hydrogen-bond acceptors (Lipinski definition) is 5. The van der Waals surface area contributed by atoms with Crippen molar-refractivity contribution < 1.29 is 22.7 Å². The van der Waals surface area contributed by atoms with Crippen molar-refractivity contribution in [2.24, 2.45) is 0 Å². The number of benzene rings is 3. The van der Waals surface area contributed by atoms with Gasteiger partial charge in [-0.15, -0.1) is 0 Å². The zero-order chi connectivity index (χ0) is 25.2. The first kappa shape index (κ1) is 25.2. The minimum Gasteiger partial charge on any atom is -0.486 e. The van der Waals surface area contributed by atoms with Crippen LogP contribution in [0.25, 0.3) is 0 Å². The van der Waals surface area contributed by atoms with Crippen LogP contribution in [0.3, 0.4) is 0 Å². The molecule has 0 unspecified atom stereocenters. The molecule has 1 aliphatic rings. The summed E-state index contributed by atoms with van der Waals surface area (Å²) in [7, 11) is -4.12. The average molecular weight is 535 g/mol. The Bertz CT molecular complexity index is 1350. The van der Waals surface area contributed by atoms with Crippen LogP contribution in [0.4, 0.5) is 5.69 Å². The second-order valence-corrected chi connectivity index (χ2v) is 10.8. The Morgan fingerprint density at radius 1 is 1.00 bits per heavy atom. The van der Waals surface area contributed by atoms with Gasteiger partial charge in [0.25, 0.3) is 10.0 Å². The van der Waals surface area contributed by atoms with Gasteiger partial charge < -0.3 is 14.8 Å². The topological polar surface area (TPSA) is 84.9 Å². The van der Waals surface area contributed by atoms with Crippen molar-refractivity contribution in [3.05, 3.63) is 81.8 Å². The molecule has 0 saturated carbocycles. The van der Waals surface area contributed by atoms with Crippen LogP contribution < -0.4 is 19.1 Å². The largest absolute Gasteiger partial charge is 0.486 e. The van der Waals surface area contributed by atoms with Crippen molar-refractivity contribution in [1.29, 1.82) is 0 Å². The maximum atomic E-state index is 13.6. The monoisotopic (exact) mass is 534 g/mol. The van der Waals surface area contributed by atoms with Gasteiger partial charge in [0.1, 0.15) is 19.8 Å². The van der Waals surface area contributed by atoms with Crippen LogP contribution in [0.2, 0.25) is 10.0 Å². The highest BCUT2D eigenvalue weighted by molar-refractivity contribution is 7.92. The fourth-order valence-corrected chi connectivity index (χ4v) is 5.51. The molecule has 0 radical (unpaired) electrons. The quantitative estimate of drug-likeness (QED) is 0.453. The highest BCUT2D eigenvalue weighted by atomic mass is 35.5. The van der Waals surface area contributed by atoms with Gasteiger partial charge in [-0.1, -0.05) is 47.0 Å². The van der Waals surface area contributed by atoms with Crippen LogP contribution in [-0.4, -0.2) is 34.1 Å². The molecule has 3 aromatic rings. The number of anilines is 1. The Labute approximate surface area is 214 Å². The molecular weight excluding hydrogens is 511 g/mol. The molecule has 1 heterocycles. The molecule has 1 amide bonds. The smallest absolute Gasteiger partial charge is 0.264 e. The number of amides is 1. The van der Waals surface area contributed by atoms with Gasteiger partial charge in [-0.25, -0.2) is 8.42 Å². The maximum absolute atomic E-state index is 13.6.